The molecule has 0 radical (unpaired) electrons. The van der Waals surface area contributed by atoms with Gasteiger partial charge in [-0.3, -0.25) is 9.48 Å². The maximum atomic E-state index is 12.9. The largest absolute Gasteiger partial charge is 0.379 e. The van der Waals surface area contributed by atoms with Crippen molar-refractivity contribution in [3.63, 3.8) is 0 Å². The number of halogens is 1. The van der Waals surface area contributed by atoms with Crippen LogP contribution < -0.4 is 5.32 Å². The third kappa shape index (κ3) is 4.18. The lowest BCUT2D eigenvalue weighted by molar-refractivity contribution is -0.136. The van der Waals surface area contributed by atoms with E-state index in [1.54, 1.807) is 0 Å². The van der Waals surface area contributed by atoms with Crippen LogP contribution in [0.1, 0.15) is 11.3 Å². The molecule has 0 saturated carbocycles. The number of aryl methyl sites for hydroxylation is 1. The number of aromatic nitrogens is 2. The predicted molar refractivity (Wildman–Crippen MR) is 107 cm³/mol. The molecule has 1 unspecified atom stereocenters. The van der Waals surface area contributed by atoms with Crippen LogP contribution in [0, 0.1) is 5.92 Å². The number of carbonyl (C=O) groups excluding carboxylic acids is 1. The van der Waals surface area contributed by atoms with Gasteiger partial charge in [0.25, 0.3) is 0 Å². The lowest BCUT2D eigenvalue weighted by Gasteiger charge is -2.25. The summed E-state index contributed by atoms with van der Waals surface area (Å²) in [4.78, 5) is 14.9. The molecule has 146 valence electrons. The first-order valence-corrected chi connectivity index (χ1v) is 9.41. The van der Waals surface area contributed by atoms with Crippen LogP contribution in [0.25, 0.3) is 11.3 Å². The lowest BCUT2D eigenvalue weighted by atomic mass is 10.0. The second kappa shape index (κ2) is 8.87. The van der Waals surface area contributed by atoms with Crippen LogP contribution >= 0.6 is 12.4 Å². The molecule has 6 nitrogen and oxygen atoms in total. The molecule has 4 rings (SSSR count). The minimum Gasteiger partial charge on any atom is -0.379 e. The Bertz CT molecular complexity index is 770. The highest BCUT2D eigenvalue weighted by Crippen LogP contribution is 2.28. The maximum absolute atomic E-state index is 12.9. The van der Waals surface area contributed by atoms with E-state index in [2.05, 4.69) is 29.6 Å². The minimum atomic E-state index is -0.0809. The highest BCUT2D eigenvalue weighted by atomic mass is 35.5. The second-order valence-electron chi connectivity index (χ2n) is 7.06. The smallest absolute Gasteiger partial charge is 0.229 e. The van der Waals surface area contributed by atoms with E-state index < -0.39 is 0 Å². The van der Waals surface area contributed by atoms with Crippen molar-refractivity contribution in [3.8, 4) is 11.3 Å². The molecule has 2 aromatic rings. The number of hydrogen-bond donors (Lipinski definition) is 1. The van der Waals surface area contributed by atoms with Crippen molar-refractivity contribution in [3.05, 3.63) is 41.6 Å². The van der Waals surface area contributed by atoms with Crippen molar-refractivity contribution in [2.24, 2.45) is 13.0 Å². The van der Waals surface area contributed by atoms with Crippen LogP contribution in [0.15, 0.2) is 30.3 Å². The Balaban J connectivity index is 0.00000210. The SMILES string of the molecule is Cl.Cn1nc2c(c1-c1ccccc1)CCN(C(=O)C1CNCCOC1)CC2. The maximum Gasteiger partial charge on any atom is 0.229 e. The van der Waals surface area contributed by atoms with Crippen molar-refractivity contribution in [2.45, 2.75) is 12.8 Å². The van der Waals surface area contributed by atoms with Gasteiger partial charge in [0.05, 0.1) is 30.5 Å². The Morgan fingerprint density at radius 2 is 2.00 bits per heavy atom. The third-order valence-corrected chi connectivity index (χ3v) is 5.32. The van der Waals surface area contributed by atoms with Gasteiger partial charge < -0.3 is 15.0 Å². The van der Waals surface area contributed by atoms with Crippen molar-refractivity contribution < 1.29 is 9.53 Å². The van der Waals surface area contributed by atoms with Gasteiger partial charge in [0.15, 0.2) is 0 Å². The van der Waals surface area contributed by atoms with Crippen LogP contribution in [0.5, 0.6) is 0 Å². The van der Waals surface area contributed by atoms with E-state index >= 15 is 0 Å². The van der Waals surface area contributed by atoms with Crippen molar-refractivity contribution >= 4 is 18.3 Å². The number of nitrogens with one attached hydrogen (secondary N) is 1. The molecule has 1 aromatic heterocycles. The van der Waals surface area contributed by atoms with Gasteiger partial charge in [-0.05, 0) is 6.42 Å². The molecule has 1 fully saturated rings. The molecular formula is C20H27ClN4O2. The molecular weight excluding hydrogens is 364 g/mol. The molecule has 1 saturated heterocycles. The first-order valence-electron chi connectivity index (χ1n) is 9.41. The highest BCUT2D eigenvalue weighted by molar-refractivity contribution is 5.85. The number of carbonyl (C=O) groups is 1. The zero-order valence-electron chi connectivity index (χ0n) is 15.7. The average Bonchev–Trinajstić information content (AvgIpc) is 2.88. The fraction of sp³-hybridized carbons (Fsp3) is 0.500. The first-order chi connectivity index (χ1) is 12.7. The Labute approximate surface area is 166 Å². The zero-order chi connectivity index (χ0) is 17.9. The van der Waals surface area contributed by atoms with Gasteiger partial charge >= 0.3 is 0 Å². The average molecular weight is 391 g/mol. The van der Waals surface area contributed by atoms with E-state index in [1.807, 2.05) is 22.7 Å². The number of benzene rings is 1. The summed E-state index contributed by atoms with van der Waals surface area (Å²) >= 11 is 0. The molecule has 3 heterocycles. The number of hydrogen-bond acceptors (Lipinski definition) is 4. The van der Waals surface area contributed by atoms with Gasteiger partial charge in [-0.1, -0.05) is 30.3 Å². The Morgan fingerprint density at radius 1 is 1.22 bits per heavy atom. The summed E-state index contributed by atoms with van der Waals surface area (Å²) in [6.45, 7) is 4.20. The fourth-order valence-corrected chi connectivity index (χ4v) is 3.99. The molecule has 27 heavy (non-hydrogen) atoms. The lowest BCUT2D eigenvalue weighted by Crippen LogP contribution is -2.42. The van der Waals surface area contributed by atoms with Crippen LogP contribution in [0.4, 0.5) is 0 Å². The molecule has 2 aliphatic rings. The standard InChI is InChI=1S/C20H26N4O2.ClH/c1-23-19(15-5-3-2-4-6-15)17-7-10-24(11-8-18(17)22-23)20(25)16-13-21-9-12-26-14-16;/h2-6,16,21H,7-14H2,1H3;1H. The summed E-state index contributed by atoms with van der Waals surface area (Å²) in [6.07, 6.45) is 1.66. The molecule has 2 aliphatic heterocycles. The van der Waals surface area contributed by atoms with E-state index in [0.29, 0.717) is 19.8 Å². The summed E-state index contributed by atoms with van der Waals surface area (Å²) < 4.78 is 7.55. The van der Waals surface area contributed by atoms with Gasteiger partial charge in [-0.25, -0.2) is 0 Å². The predicted octanol–water partition coefficient (Wildman–Crippen LogP) is 1.67. The Hall–Kier alpha value is -1.89. The number of fused-ring (bicyclic) bond motifs is 1. The quantitative estimate of drug-likeness (QED) is 0.847. The van der Waals surface area contributed by atoms with Crippen molar-refractivity contribution in [2.75, 3.05) is 39.4 Å². The van der Waals surface area contributed by atoms with Crippen molar-refractivity contribution in [1.82, 2.24) is 20.0 Å². The molecule has 0 bridgehead atoms. The van der Waals surface area contributed by atoms with Gasteiger partial charge in [0.2, 0.25) is 5.91 Å². The molecule has 1 N–H and O–H groups in total. The fourth-order valence-electron chi connectivity index (χ4n) is 3.99. The van der Waals surface area contributed by atoms with E-state index in [1.165, 1.54) is 16.8 Å². The zero-order valence-corrected chi connectivity index (χ0v) is 16.5. The summed E-state index contributed by atoms with van der Waals surface area (Å²) in [7, 11) is 2.01. The number of nitrogens with zero attached hydrogens (tertiary/aromatic N) is 3. The van der Waals surface area contributed by atoms with Crippen LogP contribution in [0.3, 0.4) is 0 Å². The normalized spacial score (nSPS) is 20.2. The second-order valence-corrected chi connectivity index (χ2v) is 7.06. The van der Waals surface area contributed by atoms with E-state index in [-0.39, 0.29) is 24.2 Å². The summed E-state index contributed by atoms with van der Waals surface area (Å²) in [6, 6.07) is 10.4. The molecule has 7 heteroatoms. The van der Waals surface area contributed by atoms with Crippen LogP contribution in [-0.2, 0) is 29.4 Å². The number of ether oxygens (including phenoxy) is 1. The van der Waals surface area contributed by atoms with Gasteiger partial charge in [-0.15, -0.1) is 12.4 Å². The van der Waals surface area contributed by atoms with Gasteiger partial charge in [-0.2, -0.15) is 5.10 Å². The van der Waals surface area contributed by atoms with E-state index in [0.717, 1.165) is 38.2 Å². The Morgan fingerprint density at radius 3 is 2.81 bits per heavy atom. The van der Waals surface area contributed by atoms with Gasteiger partial charge in [0.1, 0.15) is 0 Å². The third-order valence-electron chi connectivity index (χ3n) is 5.32. The highest BCUT2D eigenvalue weighted by Gasteiger charge is 2.29. The summed E-state index contributed by atoms with van der Waals surface area (Å²) in [5.41, 5.74) is 4.76. The molecule has 1 atom stereocenters. The summed E-state index contributed by atoms with van der Waals surface area (Å²) in [5, 5.41) is 8.05. The van der Waals surface area contributed by atoms with Crippen molar-refractivity contribution in [1.29, 1.82) is 0 Å². The minimum absolute atomic E-state index is 0. The molecule has 1 aromatic carbocycles. The number of amides is 1. The number of rotatable bonds is 2. The van der Waals surface area contributed by atoms with Crippen LogP contribution in [0.2, 0.25) is 0 Å². The molecule has 1 amide bonds. The van der Waals surface area contributed by atoms with Crippen LogP contribution in [-0.4, -0.2) is 60.0 Å². The molecule has 0 spiro atoms. The Kier molecular flexibility index (Phi) is 6.52. The monoisotopic (exact) mass is 390 g/mol. The van der Waals surface area contributed by atoms with E-state index in [9.17, 15) is 4.79 Å². The van der Waals surface area contributed by atoms with E-state index in [4.69, 9.17) is 9.84 Å². The first kappa shape index (κ1) is 19.9. The van der Waals surface area contributed by atoms with Gasteiger partial charge in [0, 0.05) is 50.8 Å². The topological polar surface area (TPSA) is 59.4 Å². The molecule has 0 aliphatic carbocycles. The summed E-state index contributed by atoms with van der Waals surface area (Å²) in [5.74, 6) is 0.123.